The fourth-order valence-electron chi connectivity index (χ4n) is 3.70. The molecule has 0 bridgehead atoms. The molecule has 3 amide bonds. The van der Waals surface area contributed by atoms with Gasteiger partial charge >= 0.3 is 6.03 Å². The summed E-state index contributed by atoms with van der Waals surface area (Å²) in [5.41, 5.74) is 4.31. The van der Waals surface area contributed by atoms with Crippen LogP contribution < -0.4 is 16.0 Å². The van der Waals surface area contributed by atoms with E-state index in [0.717, 1.165) is 23.4 Å². The summed E-state index contributed by atoms with van der Waals surface area (Å²) < 4.78 is 1.99. The molecular formula is C22H32N6O2. The number of nitrogens with one attached hydrogen (secondary N) is 3. The van der Waals surface area contributed by atoms with Crippen LogP contribution in [0.5, 0.6) is 0 Å². The number of urea groups is 1. The third-order valence-electron chi connectivity index (χ3n) is 5.38. The fourth-order valence-corrected chi connectivity index (χ4v) is 3.70. The number of nitrogens with zero attached hydrogens (tertiary/aromatic N) is 3. The smallest absolute Gasteiger partial charge is 0.321 e. The quantitative estimate of drug-likeness (QED) is 0.703. The van der Waals surface area contributed by atoms with Crippen molar-refractivity contribution in [2.24, 2.45) is 0 Å². The summed E-state index contributed by atoms with van der Waals surface area (Å²) in [6, 6.07) is 7.53. The van der Waals surface area contributed by atoms with Crippen LogP contribution in [0, 0.1) is 0 Å². The van der Waals surface area contributed by atoms with E-state index >= 15 is 0 Å². The fraction of sp³-hybridized carbons (Fsp3) is 0.500. The highest BCUT2D eigenvalue weighted by molar-refractivity contribution is 5.94. The van der Waals surface area contributed by atoms with E-state index in [1.807, 2.05) is 28.9 Å². The summed E-state index contributed by atoms with van der Waals surface area (Å²) >= 11 is 0. The molecule has 2 aromatic rings. The van der Waals surface area contributed by atoms with Gasteiger partial charge in [-0.2, -0.15) is 5.10 Å². The van der Waals surface area contributed by atoms with Gasteiger partial charge in [-0.15, -0.1) is 0 Å². The second-order valence-electron chi connectivity index (χ2n) is 8.42. The van der Waals surface area contributed by atoms with E-state index in [0.29, 0.717) is 23.8 Å². The maximum atomic E-state index is 13.0. The van der Waals surface area contributed by atoms with Crippen LogP contribution in [0.1, 0.15) is 73.0 Å². The van der Waals surface area contributed by atoms with E-state index in [1.165, 1.54) is 4.90 Å². The lowest BCUT2D eigenvalue weighted by molar-refractivity contribution is 0.0943. The first-order chi connectivity index (χ1) is 14.2. The van der Waals surface area contributed by atoms with Crippen molar-refractivity contribution in [3.63, 3.8) is 0 Å². The van der Waals surface area contributed by atoms with Gasteiger partial charge in [-0.05, 0) is 38.5 Å². The van der Waals surface area contributed by atoms with Crippen LogP contribution in [-0.2, 0) is 6.54 Å². The van der Waals surface area contributed by atoms with Crippen molar-refractivity contribution in [2.75, 3.05) is 26.0 Å². The van der Waals surface area contributed by atoms with Crippen LogP contribution >= 0.6 is 0 Å². The molecule has 0 saturated carbocycles. The summed E-state index contributed by atoms with van der Waals surface area (Å²) in [5.74, 6) is 0.135. The van der Waals surface area contributed by atoms with E-state index in [9.17, 15) is 9.59 Å². The number of carbonyl (C=O) groups excluding carboxylic acids is 2. The van der Waals surface area contributed by atoms with Crippen LogP contribution in [0.25, 0.3) is 0 Å². The zero-order chi connectivity index (χ0) is 22.0. The van der Waals surface area contributed by atoms with Crippen molar-refractivity contribution in [3.8, 4) is 0 Å². The number of rotatable bonds is 5. The summed E-state index contributed by atoms with van der Waals surface area (Å²) in [4.78, 5) is 26.2. The zero-order valence-corrected chi connectivity index (χ0v) is 18.6. The SMILES string of the molecule is CC1CNC(C)c2c(C(=O)NCc3ccc(NC(=O)N(C)C)cc3)nn(C(C)C)c21. The molecule has 2 atom stereocenters. The minimum Gasteiger partial charge on any atom is -0.347 e. The van der Waals surface area contributed by atoms with Crippen molar-refractivity contribution in [2.45, 2.75) is 52.2 Å². The van der Waals surface area contributed by atoms with Crippen LogP contribution in [0.4, 0.5) is 10.5 Å². The lowest BCUT2D eigenvalue weighted by Gasteiger charge is -2.28. The number of fused-ring (bicyclic) bond motifs is 1. The highest BCUT2D eigenvalue weighted by Crippen LogP contribution is 2.34. The largest absolute Gasteiger partial charge is 0.347 e. The molecule has 8 heteroatoms. The number of carbonyl (C=O) groups is 2. The highest BCUT2D eigenvalue weighted by Gasteiger charge is 2.33. The molecule has 1 aromatic heterocycles. The third-order valence-corrected chi connectivity index (χ3v) is 5.38. The Labute approximate surface area is 178 Å². The van der Waals surface area contributed by atoms with Gasteiger partial charge in [0.15, 0.2) is 5.69 Å². The Kier molecular flexibility index (Phi) is 6.45. The average molecular weight is 413 g/mol. The van der Waals surface area contributed by atoms with Crippen molar-refractivity contribution in [1.82, 2.24) is 25.3 Å². The second kappa shape index (κ2) is 8.87. The first-order valence-electron chi connectivity index (χ1n) is 10.4. The molecule has 2 unspecified atom stereocenters. The Morgan fingerprint density at radius 1 is 1.23 bits per heavy atom. The van der Waals surface area contributed by atoms with Crippen LogP contribution in [-0.4, -0.2) is 47.3 Å². The van der Waals surface area contributed by atoms with E-state index in [-0.39, 0.29) is 24.0 Å². The van der Waals surface area contributed by atoms with Crippen LogP contribution in [0.3, 0.4) is 0 Å². The molecule has 3 N–H and O–H groups in total. The maximum absolute atomic E-state index is 13.0. The molecule has 1 aliphatic heterocycles. The number of aromatic nitrogens is 2. The van der Waals surface area contributed by atoms with E-state index in [4.69, 9.17) is 0 Å². The molecule has 0 fully saturated rings. The van der Waals surface area contributed by atoms with Gasteiger partial charge in [0.25, 0.3) is 5.91 Å². The molecular weight excluding hydrogens is 380 g/mol. The molecule has 0 aliphatic carbocycles. The Hall–Kier alpha value is -2.87. The van der Waals surface area contributed by atoms with Gasteiger partial charge < -0.3 is 20.9 Å². The Morgan fingerprint density at radius 2 is 1.90 bits per heavy atom. The maximum Gasteiger partial charge on any atom is 0.321 e. The van der Waals surface area contributed by atoms with Gasteiger partial charge in [0.05, 0.1) is 0 Å². The number of anilines is 1. The predicted molar refractivity (Wildman–Crippen MR) is 118 cm³/mol. The minimum absolute atomic E-state index is 0.0871. The number of hydrogen-bond donors (Lipinski definition) is 3. The summed E-state index contributed by atoms with van der Waals surface area (Å²) in [7, 11) is 3.38. The molecule has 0 spiro atoms. The van der Waals surface area contributed by atoms with E-state index in [1.54, 1.807) is 14.1 Å². The second-order valence-corrected chi connectivity index (χ2v) is 8.42. The normalized spacial score (nSPS) is 18.1. The standard InChI is InChI=1S/C22H32N6O2/c1-13(2)28-20-14(3)11-23-15(4)18(20)19(26-28)21(29)24-12-16-7-9-17(10-8-16)25-22(30)27(5)6/h7-10,13-15,23H,11-12H2,1-6H3,(H,24,29)(H,25,30). The van der Waals surface area contributed by atoms with E-state index < -0.39 is 0 Å². The topological polar surface area (TPSA) is 91.3 Å². The number of hydrogen-bond acceptors (Lipinski definition) is 4. The minimum atomic E-state index is -0.182. The molecule has 3 rings (SSSR count). The van der Waals surface area contributed by atoms with Gasteiger partial charge in [-0.25, -0.2) is 4.79 Å². The molecule has 1 aliphatic rings. The molecule has 0 saturated heterocycles. The lowest BCUT2D eigenvalue weighted by Crippen LogP contribution is -2.33. The van der Waals surface area contributed by atoms with E-state index in [2.05, 4.69) is 48.7 Å². The number of benzene rings is 1. The first kappa shape index (κ1) is 21.8. The summed E-state index contributed by atoms with van der Waals surface area (Å²) in [5, 5.41) is 13.9. The van der Waals surface area contributed by atoms with Crippen molar-refractivity contribution in [1.29, 1.82) is 0 Å². The zero-order valence-electron chi connectivity index (χ0n) is 18.6. The first-order valence-corrected chi connectivity index (χ1v) is 10.4. The molecule has 1 aromatic carbocycles. The van der Waals surface area contributed by atoms with Gasteiger partial charge in [-0.3, -0.25) is 9.48 Å². The van der Waals surface area contributed by atoms with Crippen LogP contribution in [0.15, 0.2) is 24.3 Å². The molecule has 30 heavy (non-hydrogen) atoms. The van der Waals surface area contributed by atoms with Gasteiger partial charge in [-0.1, -0.05) is 19.1 Å². The van der Waals surface area contributed by atoms with Crippen molar-refractivity contribution >= 4 is 17.6 Å². The summed E-state index contributed by atoms with van der Waals surface area (Å²) in [6.07, 6.45) is 0. The lowest BCUT2D eigenvalue weighted by atomic mass is 9.92. The van der Waals surface area contributed by atoms with Crippen molar-refractivity contribution < 1.29 is 9.59 Å². The Bertz CT molecular complexity index is 916. The molecule has 162 valence electrons. The van der Waals surface area contributed by atoms with Gasteiger partial charge in [0.2, 0.25) is 0 Å². The molecule has 8 nitrogen and oxygen atoms in total. The predicted octanol–water partition coefficient (Wildman–Crippen LogP) is 3.26. The highest BCUT2D eigenvalue weighted by atomic mass is 16.2. The number of amides is 3. The van der Waals surface area contributed by atoms with Gasteiger partial charge in [0, 0.05) is 62.1 Å². The molecule has 0 radical (unpaired) electrons. The van der Waals surface area contributed by atoms with Gasteiger partial charge in [0.1, 0.15) is 0 Å². The van der Waals surface area contributed by atoms with Crippen LogP contribution in [0.2, 0.25) is 0 Å². The Morgan fingerprint density at radius 3 is 2.50 bits per heavy atom. The molecule has 2 heterocycles. The Balaban J connectivity index is 1.73. The van der Waals surface area contributed by atoms with Crippen molar-refractivity contribution in [3.05, 3.63) is 46.8 Å². The summed E-state index contributed by atoms with van der Waals surface area (Å²) in [6.45, 7) is 9.69. The average Bonchev–Trinajstić information content (AvgIpc) is 3.12. The monoisotopic (exact) mass is 412 g/mol. The third kappa shape index (κ3) is 4.48.